The zero-order chi connectivity index (χ0) is 16.3. The van der Waals surface area contributed by atoms with Gasteiger partial charge in [-0.25, -0.2) is 0 Å². The second kappa shape index (κ2) is 6.59. The molecule has 1 fully saturated rings. The minimum atomic E-state index is -0.150. The zero-order valence-electron chi connectivity index (χ0n) is 13.7. The third kappa shape index (κ3) is 3.32. The first-order valence-corrected chi connectivity index (χ1v) is 8.09. The highest BCUT2D eigenvalue weighted by atomic mass is 16.5. The van der Waals surface area contributed by atoms with Gasteiger partial charge in [-0.15, -0.1) is 0 Å². The van der Waals surface area contributed by atoms with Crippen LogP contribution >= 0.6 is 0 Å². The van der Waals surface area contributed by atoms with E-state index >= 15 is 0 Å². The molecule has 0 bridgehead atoms. The maximum atomic E-state index is 12.4. The summed E-state index contributed by atoms with van der Waals surface area (Å²) in [6, 6.07) is 12.2. The number of amides is 1. The van der Waals surface area contributed by atoms with Crippen molar-refractivity contribution in [3.05, 3.63) is 59.0 Å². The normalized spacial score (nSPS) is 17.0. The Bertz CT molecular complexity index is 650. The molecule has 2 heterocycles. The summed E-state index contributed by atoms with van der Waals surface area (Å²) in [5, 5.41) is 3.06. The summed E-state index contributed by atoms with van der Waals surface area (Å²) < 4.78 is 11.0. The molecule has 0 radical (unpaired) electrons. The number of carbonyl (C=O) groups excluding carboxylic acids is 1. The predicted octanol–water partition coefficient (Wildman–Crippen LogP) is 3.37. The van der Waals surface area contributed by atoms with E-state index in [0.29, 0.717) is 12.3 Å². The van der Waals surface area contributed by atoms with Crippen molar-refractivity contribution in [2.24, 2.45) is 0 Å². The Hall–Kier alpha value is -2.07. The molecule has 1 saturated heterocycles. The average molecular weight is 313 g/mol. The van der Waals surface area contributed by atoms with Crippen LogP contribution in [0.2, 0.25) is 0 Å². The summed E-state index contributed by atoms with van der Waals surface area (Å²) in [4.78, 5) is 12.4. The van der Waals surface area contributed by atoms with E-state index in [0.717, 1.165) is 37.4 Å². The van der Waals surface area contributed by atoms with Gasteiger partial charge in [-0.2, -0.15) is 0 Å². The first kappa shape index (κ1) is 15.8. The van der Waals surface area contributed by atoms with Crippen molar-refractivity contribution in [2.45, 2.75) is 32.1 Å². The van der Waals surface area contributed by atoms with E-state index in [1.165, 1.54) is 5.56 Å². The van der Waals surface area contributed by atoms with Crippen molar-refractivity contribution in [1.29, 1.82) is 0 Å². The van der Waals surface area contributed by atoms with Gasteiger partial charge in [0.1, 0.15) is 5.76 Å². The average Bonchev–Trinajstić information content (AvgIpc) is 2.93. The third-order valence-corrected chi connectivity index (χ3v) is 4.81. The van der Waals surface area contributed by atoms with Crippen molar-refractivity contribution in [1.82, 2.24) is 5.32 Å². The first-order chi connectivity index (χ1) is 11.1. The minimum Gasteiger partial charge on any atom is -0.456 e. The summed E-state index contributed by atoms with van der Waals surface area (Å²) in [5.74, 6) is 1.03. The van der Waals surface area contributed by atoms with E-state index in [9.17, 15) is 4.79 Å². The molecule has 0 saturated carbocycles. The van der Waals surface area contributed by atoms with Crippen LogP contribution in [0.3, 0.4) is 0 Å². The van der Waals surface area contributed by atoms with Crippen molar-refractivity contribution in [2.75, 3.05) is 19.8 Å². The van der Waals surface area contributed by atoms with Crippen LogP contribution < -0.4 is 5.32 Å². The maximum Gasteiger partial charge on any atom is 0.287 e. The number of rotatable bonds is 4. The number of hydrogen-bond acceptors (Lipinski definition) is 3. The molecule has 23 heavy (non-hydrogen) atoms. The highest BCUT2D eigenvalue weighted by Gasteiger charge is 2.35. The summed E-state index contributed by atoms with van der Waals surface area (Å²) in [7, 11) is 0. The van der Waals surface area contributed by atoms with E-state index < -0.39 is 0 Å². The SMILES string of the molecule is Cc1cc(C(=O)NCC2(c3ccccc3)CCOCC2)oc1C. The highest BCUT2D eigenvalue weighted by Crippen LogP contribution is 2.34. The summed E-state index contributed by atoms with van der Waals surface area (Å²) in [6.07, 6.45) is 1.82. The number of benzene rings is 1. The number of aryl methyl sites for hydroxylation is 2. The van der Waals surface area contributed by atoms with E-state index in [-0.39, 0.29) is 11.3 Å². The van der Waals surface area contributed by atoms with E-state index in [1.807, 2.05) is 32.0 Å². The van der Waals surface area contributed by atoms with Gasteiger partial charge in [0.25, 0.3) is 5.91 Å². The number of hydrogen-bond donors (Lipinski definition) is 1. The van der Waals surface area contributed by atoms with Gasteiger partial charge in [0.15, 0.2) is 5.76 Å². The lowest BCUT2D eigenvalue weighted by molar-refractivity contribution is 0.0484. The lowest BCUT2D eigenvalue weighted by Crippen LogP contribution is -2.44. The third-order valence-electron chi connectivity index (χ3n) is 4.81. The second-order valence-corrected chi connectivity index (χ2v) is 6.29. The molecule has 1 amide bonds. The Morgan fingerprint density at radius 2 is 1.87 bits per heavy atom. The molecule has 1 aliphatic rings. The molecule has 0 aliphatic carbocycles. The minimum absolute atomic E-state index is 0.0636. The fraction of sp³-hybridized carbons (Fsp3) is 0.421. The smallest absolute Gasteiger partial charge is 0.287 e. The van der Waals surface area contributed by atoms with Crippen molar-refractivity contribution >= 4 is 5.91 Å². The first-order valence-electron chi connectivity index (χ1n) is 8.09. The number of nitrogens with one attached hydrogen (secondary N) is 1. The molecule has 0 unspecified atom stereocenters. The van der Waals surface area contributed by atoms with E-state index in [1.54, 1.807) is 6.07 Å². The maximum absolute atomic E-state index is 12.4. The highest BCUT2D eigenvalue weighted by molar-refractivity contribution is 5.91. The van der Waals surface area contributed by atoms with Crippen molar-refractivity contribution < 1.29 is 13.9 Å². The predicted molar refractivity (Wildman–Crippen MR) is 88.7 cm³/mol. The standard InChI is InChI=1S/C19H23NO3/c1-14-12-17(23-15(14)2)18(21)20-13-19(8-10-22-11-9-19)16-6-4-3-5-7-16/h3-7,12H,8-11,13H2,1-2H3,(H,20,21). The van der Waals surface area contributed by atoms with Crippen LogP contribution in [-0.2, 0) is 10.2 Å². The molecule has 1 aliphatic heterocycles. The van der Waals surface area contributed by atoms with Gasteiger partial charge < -0.3 is 14.5 Å². The molecule has 1 N–H and O–H groups in total. The second-order valence-electron chi connectivity index (χ2n) is 6.29. The van der Waals surface area contributed by atoms with Gasteiger partial charge in [-0.1, -0.05) is 30.3 Å². The molecule has 0 atom stereocenters. The zero-order valence-corrected chi connectivity index (χ0v) is 13.7. The van der Waals surface area contributed by atoms with Gasteiger partial charge in [-0.3, -0.25) is 4.79 Å². The lowest BCUT2D eigenvalue weighted by atomic mass is 9.74. The van der Waals surface area contributed by atoms with Crippen LogP contribution in [0.5, 0.6) is 0 Å². The Morgan fingerprint density at radius 1 is 1.17 bits per heavy atom. The molecular weight excluding hydrogens is 290 g/mol. The molecule has 3 rings (SSSR count). The lowest BCUT2D eigenvalue weighted by Gasteiger charge is -2.37. The van der Waals surface area contributed by atoms with Gasteiger partial charge >= 0.3 is 0 Å². The summed E-state index contributed by atoms with van der Waals surface area (Å²) in [6.45, 7) is 5.86. The Balaban J connectivity index is 1.76. The molecule has 4 nitrogen and oxygen atoms in total. The summed E-state index contributed by atoms with van der Waals surface area (Å²) >= 11 is 0. The van der Waals surface area contributed by atoms with E-state index in [4.69, 9.17) is 9.15 Å². The van der Waals surface area contributed by atoms with Gasteiger partial charge in [-0.05, 0) is 43.9 Å². The van der Waals surface area contributed by atoms with Crippen LogP contribution in [0.25, 0.3) is 0 Å². The fourth-order valence-electron chi connectivity index (χ4n) is 3.14. The molecule has 122 valence electrons. The van der Waals surface area contributed by atoms with Crippen LogP contribution in [0.15, 0.2) is 40.8 Å². The van der Waals surface area contributed by atoms with Gasteiger partial charge in [0.05, 0.1) is 0 Å². The molecule has 1 aromatic carbocycles. The van der Waals surface area contributed by atoms with Gasteiger partial charge in [0.2, 0.25) is 0 Å². The van der Waals surface area contributed by atoms with Crippen molar-refractivity contribution in [3.63, 3.8) is 0 Å². The quantitative estimate of drug-likeness (QED) is 0.941. The topological polar surface area (TPSA) is 51.5 Å². The fourth-order valence-corrected chi connectivity index (χ4v) is 3.14. The Kier molecular flexibility index (Phi) is 4.53. The molecule has 1 aromatic heterocycles. The number of ether oxygens (including phenoxy) is 1. The Morgan fingerprint density at radius 3 is 2.48 bits per heavy atom. The largest absolute Gasteiger partial charge is 0.456 e. The monoisotopic (exact) mass is 313 g/mol. The van der Waals surface area contributed by atoms with Crippen LogP contribution in [0.4, 0.5) is 0 Å². The van der Waals surface area contributed by atoms with Crippen molar-refractivity contribution in [3.8, 4) is 0 Å². The molecular formula is C19H23NO3. The molecule has 0 spiro atoms. The van der Waals surface area contributed by atoms with Gasteiger partial charge in [0, 0.05) is 25.2 Å². The summed E-state index contributed by atoms with van der Waals surface area (Å²) in [5.41, 5.74) is 2.20. The van der Waals surface area contributed by atoms with E-state index in [2.05, 4.69) is 17.4 Å². The van der Waals surface area contributed by atoms with Crippen LogP contribution in [0.1, 0.15) is 40.3 Å². The molecule has 4 heteroatoms. The number of furan rings is 1. The molecule has 2 aromatic rings. The Labute approximate surface area is 136 Å². The number of carbonyl (C=O) groups is 1. The van der Waals surface area contributed by atoms with Crippen LogP contribution in [0, 0.1) is 13.8 Å². The van der Waals surface area contributed by atoms with Crippen LogP contribution in [-0.4, -0.2) is 25.7 Å².